The van der Waals surface area contributed by atoms with Gasteiger partial charge in [-0.3, -0.25) is 9.59 Å². The van der Waals surface area contributed by atoms with Gasteiger partial charge in [0.05, 0.1) is 26.3 Å². The van der Waals surface area contributed by atoms with E-state index in [-0.39, 0.29) is 31.5 Å². The van der Waals surface area contributed by atoms with Crippen LogP contribution in [0, 0.1) is 0 Å². The third-order valence-corrected chi connectivity index (χ3v) is 4.99. The van der Waals surface area contributed by atoms with Gasteiger partial charge in [0.2, 0.25) is 5.91 Å². The summed E-state index contributed by atoms with van der Waals surface area (Å²) in [5.74, 6) is 0.0568. The Bertz CT molecular complexity index is 825. The van der Waals surface area contributed by atoms with E-state index in [9.17, 15) is 9.59 Å². The molecule has 9 heteroatoms. The molecule has 1 aromatic carbocycles. The summed E-state index contributed by atoms with van der Waals surface area (Å²) < 4.78 is 17.8. The van der Waals surface area contributed by atoms with E-state index in [0.29, 0.717) is 37.1 Å². The van der Waals surface area contributed by atoms with Crippen LogP contribution < -0.4 is 4.74 Å². The van der Waals surface area contributed by atoms with Gasteiger partial charge in [0, 0.05) is 51.3 Å². The number of methoxy groups -OCH3 is 2. The molecule has 0 aliphatic carbocycles. The van der Waals surface area contributed by atoms with Crippen LogP contribution in [0.4, 0.5) is 0 Å². The summed E-state index contributed by atoms with van der Waals surface area (Å²) in [6.45, 7) is 1.60. The van der Waals surface area contributed by atoms with Crippen LogP contribution in [-0.4, -0.2) is 79.9 Å². The molecule has 0 radical (unpaired) electrons. The first-order valence-corrected chi connectivity index (χ1v) is 10.3. The molecule has 0 saturated heterocycles. The fraction of sp³-hybridized carbons (Fsp3) is 0.455. The molecular formula is C22H30ClN3O5. The molecule has 0 fully saturated rings. The average Bonchev–Trinajstić information content (AvgIpc) is 3.17. The number of carbonyl (C=O) groups is 2. The molecule has 2 amide bonds. The second-order valence-electron chi connectivity index (χ2n) is 6.97. The van der Waals surface area contributed by atoms with Crippen LogP contribution in [0.3, 0.4) is 0 Å². The third kappa shape index (κ3) is 8.24. The van der Waals surface area contributed by atoms with Crippen LogP contribution in [0.2, 0.25) is 5.02 Å². The van der Waals surface area contributed by atoms with E-state index in [2.05, 4.69) is 0 Å². The van der Waals surface area contributed by atoms with E-state index in [1.54, 1.807) is 43.4 Å². The molecule has 0 unspecified atom stereocenters. The van der Waals surface area contributed by atoms with Crippen LogP contribution in [-0.2, 0) is 32.7 Å². The predicted octanol–water partition coefficient (Wildman–Crippen LogP) is 2.21. The molecule has 170 valence electrons. The number of ether oxygens (including phenoxy) is 3. The van der Waals surface area contributed by atoms with Gasteiger partial charge < -0.3 is 28.6 Å². The largest absolute Gasteiger partial charge is 0.484 e. The highest BCUT2D eigenvalue weighted by Gasteiger charge is 2.22. The predicted molar refractivity (Wildman–Crippen MR) is 118 cm³/mol. The van der Waals surface area contributed by atoms with Crippen LogP contribution in [0.1, 0.15) is 5.69 Å². The Morgan fingerprint density at radius 2 is 1.61 bits per heavy atom. The quantitative estimate of drug-likeness (QED) is 0.467. The van der Waals surface area contributed by atoms with Gasteiger partial charge in [-0.15, -0.1) is 0 Å². The zero-order valence-corrected chi connectivity index (χ0v) is 19.0. The molecule has 0 bridgehead atoms. The molecule has 2 aromatic rings. The topological polar surface area (TPSA) is 73.2 Å². The van der Waals surface area contributed by atoms with Crippen molar-refractivity contribution in [2.75, 3.05) is 53.7 Å². The number of benzene rings is 1. The van der Waals surface area contributed by atoms with Gasteiger partial charge >= 0.3 is 0 Å². The van der Waals surface area contributed by atoms with Gasteiger partial charge in [-0.2, -0.15) is 0 Å². The number of aryl methyl sites for hydroxylation is 1. The van der Waals surface area contributed by atoms with Gasteiger partial charge in [0.15, 0.2) is 6.61 Å². The van der Waals surface area contributed by atoms with E-state index in [1.807, 2.05) is 29.9 Å². The monoisotopic (exact) mass is 451 g/mol. The first-order valence-electron chi connectivity index (χ1n) is 9.96. The third-order valence-electron chi connectivity index (χ3n) is 4.74. The summed E-state index contributed by atoms with van der Waals surface area (Å²) in [6, 6.07) is 10.6. The van der Waals surface area contributed by atoms with Crippen LogP contribution >= 0.6 is 11.6 Å². The molecule has 0 aliphatic rings. The molecular weight excluding hydrogens is 422 g/mol. The summed E-state index contributed by atoms with van der Waals surface area (Å²) in [4.78, 5) is 28.9. The molecule has 0 aliphatic heterocycles. The smallest absolute Gasteiger partial charge is 0.261 e. The van der Waals surface area contributed by atoms with Gasteiger partial charge in [-0.1, -0.05) is 11.6 Å². The van der Waals surface area contributed by atoms with E-state index in [0.717, 1.165) is 5.69 Å². The number of halogens is 1. The molecule has 8 nitrogen and oxygen atoms in total. The first-order chi connectivity index (χ1) is 14.9. The Kier molecular flexibility index (Phi) is 10.4. The minimum Gasteiger partial charge on any atom is -0.484 e. The lowest BCUT2D eigenvalue weighted by Crippen LogP contribution is -2.46. The molecule has 0 saturated carbocycles. The highest BCUT2D eigenvalue weighted by molar-refractivity contribution is 6.30. The van der Waals surface area contributed by atoms with Gasteiger partial charge in [-0.25, -0.2) is 0 Å². The molecule has 1 heterocycles. The summed E-state index contributed by atoms with van der Waals surface area (Å²) >= 11 is 5.87. The van der Waals surface area contributed by atoms with Gasteiger partial charge in [-0.05, 0) is 36.4 Å². The zero-order valence-electron chi connectivity index (χ0n) is 18.3. The lowest BCUT2D eigenvalue weighted by atomic mass is 10.3. The summed E-state index contributed by atoms with van der Waals surface area (Å²) in [6.07, 6.45) is 1.93. The van der Waals surface area contributed by atoms with Crippen molar-refractivity contribution < 1.29 is 23.8 Å². The SMILES string of the molecule is COCCN(CC(=O)N(CCOC)Cc1cccn1C)C(=O)COc1ccc(Cl)cc1. The number of carbonyl (C=O) groups excluding carboxylic acids is 2. The minimum atomic E-state index is -0.300. The fourth-order valence-corrected chi connectivity index (χ4v) is 3.00. The Morgan fingerprint density at radius 1 is 0.968 bits per heavy atom. The Hall–Kier alpha value is -2.55. The van der Waals surface area contributed by atoms with Crippen molar-refractivity contribution in [3.05, 3.63) is 53.3 Å². The number of amides is 2. The van der Waals surface area contributed by atoms with Gasteiger partial charge in [0.1, 0.15) is 5.75 Å². The number of nitrogens with zero attached hydrogens (tertiary/aromatic N) is 3. The van der Waals surface area contributed by atoms with Crippen molar-refractivity contribution in [3.63, 3.8) is 0 Å². The number of hydrogen-bond donors (Lipinski definition) is 0. The van der Waals surface area contributed by atoms with Crippen LogP contribution in [0.15, 0.2) is 42.6 Å². The lowest BCUT2D eigenvalue weighted by molar-refractivity contribution is -0.142. The maximum Gasteiger partial charge on any atom is 0.261 e. The lowest BCUT2D eigenvalue weighted by Gasteiger charge is -2.27. The normalized spacial score (nSPS) is 10.7. The van der Waals surface area contributed by atoms with E-state index in [4.69, 9.17) is 25.8 Å². The molecule has 0 N–H and O–H groups in total. The van der Waals surface area contributed by atoms with E-state index < -0.39 is 0 Å². The molecule has 1 aromatic heterocycles. The number of aromatic nitrogens is 1. The van der Waals surface area contributed by atoms with Crippen molar-refractivity contribution >= 4 is 23.4 Å². The van der Waals surface area contributed by atoms with E-state index in [1.165, 1.54) is 4.90 Å². The minimum absolute atomic E-state index is 0.0691. The highest BCUT2D eigenvalue weighted by Crippen LogP contribution is 2.15. The van der Waals surface area contributed by atoms with E-state index >= 15 is 0 Å². The molecule has 31 heavy (non-hydrogen) atoms. The first kappa shape index (κ1) is 24.7. The second-order valence-corrected chi connectivity index (χ2v) is 7.41. The molecule has 0 spiro atoms. The molecule has 2 rings (SSSR count). The Labute approximate surface area is 188 Å². The maximum absolute atomic E-state index is 13.0. The van der Waals surface area contributed by atoms with Crippen molar-refractivity contribution in [2.45, 2.75) is 6.54 Å². The standard InChI is InChI=1S/C22H30ClN3O5/c1-24-10-4-5-19(24)15-25(11-13-29-2)21(27)16-26(12-14-30-3)22(28)17-31-20-8-6-18(23)7-9-20/h4-10H,11-17H2,1-3H3. The van der Waals surface area contributed by atoms with Crippen LogP contribution in [0.5, 0.6) is 5.75 Å². The summed E-state index contributed by atoms with van der Waals surface area (Å²) in [5, 5.41) is 0.584. The number of rotatable bonds is 13. The average molecular weight is 452 g/mol. The van der Waals surface area contributed by atoms with Crippen molar-refractivity contribution in [2.24, 2.45) is 7.05 Å². The number of hydrogen-bond acceptors (Lipinski definition) is 5. The summed E-state index contributed by atoms with van der Waals surface area (Å²) in [7, 11) is 5.07. The Balaban J connectivity index is 2.02. The highest BCUT2D eigenvalue weighted by atomic mass is 35.5. The van der Waals surface area contributed by atoms with Gasteiger partial charge in [0.25, 0.3) is 5.91 Å². The Morgan fingerprint density at radius 3 is 2.19 bits per heavy atom. The zero-order chi connectivity index (χ0) is 22.6. The fourth-order valence-electron chi connectivity index (χ4n) is 2.87. The second kappa shape index (κ2) is 13.0. The van der Waals surface area contributed by atoms with Crippen molar-refractivity contribution in [1.29, 1.82) is 0 Å². The van der Waals surface area contributed by atoms with Crippen molar-refractivity contribution in [3.8, 4) is 5.75 Å². The summed E-state index contributed by atoms with van der Waals surface area (Å²) in [5.41, 5.74) is 0.991. The van der Waals surface area contributed by atoms with Crippen LogP contribution in [0.25, 0.3) is 0 Å². The molecule has 0 atom stereocenters. The van der Waals surface area contributed by atoms with Crippen molar-refractivity contribution in [1.82, 2.24) is 14.4 Å². The maximum atomic E-state index is 13.0.